The molecule has 3 aromatic carbocycles. The first kappa shape index (κ1) is 48.8. The maximum absolute atomic E-state index is 13.9. The molecule has 5 N–H and O–H groups in total. The predicted octanol–water partition coefficient (Wildman–Crippen LogP) is 3.23. The fourth-order valence-electron chi connectivity index (χ4n) is 9.26. The molecule has 4 aromatic rings. The summed E-state index contributed by atoms with van der Waals surface area (Å²) in [5.41, 5.74) is 12.6. The molecular weight excluding hydrogens is 859 g/mol. The topological polar surface area (TPSA) is 222 Å². The number of anilines is 1. The largest absolute Gasteiger partial charge is 0.379 e. The molecule has 6 amide bonds. The van der Waals surface area contributed by atoms with Gasteiger partial charge in [0, 0.05) is 45.4 Å². The van der Waals surface area contributed by atoms with Crippen molar-refractivity contribution in [3.8, 4) is 0 Å². The highest BCUT2D eigenvalue weighted by Gasteiger charge is 2.43. The third-order valence-corrected chi connectivity index (χ3v) is 13.1. The molecule has 3 aliphatic rings. The fraction of sp³-hybridized carbons (Fsp3) is 0.500. The predicted molar refractivity (Wildman–Crippen MR) is 250 cm³/mol. The summed E-state index contributed by atoms with van der Waals surface area (Å²) in [4.78, 5) is 90.3. The molecule has 5 atom stereocenters. The van der Waals surface area contributed by atoms with Crippen molar-refractivity contribution in [2.75, 3.05) is 37.9 Å². The Bertz CT molecular complexity index is 2520. The van der Waals surface area contributed by atoms with Crippen molar-refractivity contribution in [1.29, 1.82) is 0 Å². The van der Waals surface area contributed by atoms with Gasteiger partial charge in [-0.2, -0.15) is 0 Å². The number of hydrogen-bond donors (Lipinski definition) is 4. The number of nitrogens with two attached hydrogens (primary N) is 1. The highest BCUT2D eigenvalue weighted by Crippen LogP contribution is 2.40. The van der Waals surface area contributed by atoms with Crippen LogP contribution >= 0.6 is 0 Å². The third-order valence-electron chi connectivity index (χ3n) is 13.1. The van der Waals surface area contributed by atoms with Crippen molar-refractivity contribution in [2.24, 2.45) is 18.7 Å². The number of rotatable bonds is 23. The molecule has 1 saturated heterocycles. The van der Waals surface area contributed by atoms with Crippen LogP contribution in [0.3, 0.4) is 0 Å². The number of benzene rings is 3. The number of para-hydroxylation sites is 1. The van der Waals surface area contributed by atoms with Crippen LogP contribution in [0.2, 0.25) is 0 Å². The van der Waals surface area contributed by atoms with E-state index in [1.807, 2.05) is 74.5 Å². The van der Waals surface area contributed by atoms with Gasteiger partial charge in [-0.1, -0.05) is 55.5 Å². The molecule has 67 heavy (non-hydrogen) atoms. The number of nitrogens with zero attached hydrogens (tertiary/aromatic N) is 3. The van der Waals surface area contributed by atoms with E-state index in [4.69, 9.17) is 19.9 Å². The lowest BCUT2D eigenvalue weighted by Crippen LogP contribution is -2.54. The molecule has 7 rings (SSSR count). The number of piperidine rings is 1. The van der Waals surface area contributed by atoms with Crippen LogP contribution in [0.4, 0.5) is 5.69 Å². The number of amides is 6. The van der Waals surface area contributed by atoms with Crippen LogP contribution in [0.15, 0.2) is 65.5 Å². The van der Waals surface area contributed by atoms with Gasteiger partial charge in [0.1, 0.15) is 18.7 Å². The van der Waals surface area contributed by atoms with E-state index in [-0.39, 0.29) is 67.7 Å². The van der Waals surface area contributed by atoms with Gasteiger partial charge in [-0.25, -0.2) is 4.79 Å². The van der Waals surface area contributed by atoms with Crippen LogP contribution in [0.5, 0.6) is 0 Å². The number of imidazole rings is 1. The van der Waals surface area contributed by atoms with Crippen molar-refractivity contribution < 1.29 is 43.0 Å². The number of carbonyl (C=O) groups excluding carboxylic acids is 6. The Morgan fingerprint density at radius 2 is 1.60 bits per heavy atom. The summed E-state index contributed by atoms with van der Waals surface area (Å²) in [6.07, 6.45) is 5.33. The van der Waals surface area contributed by atoms with E-state index in [0.29, 0.717) is 44.7 Å². The maximum atomic E-state index is 13.9. The molecule has 1 aromatic heterocycles. The molecule has 17 nitrogen and oxygen atoms in total. The van der Waals surface area contributed by atoms with Crippen molar-refractivity contribution in [1.82, 2.24) is 25.1 Å². The summed E-state index contributed by atoms with van der Waals surface area (Å²) < 4.78 is 20.4. The molecule has 0 saturated carbocycles. The van der Waals surface area contributed by atoms with Crippen molar-refractivity contribution in [3.63, 3.8) is 0 Å². The van der Waals surface area contributed by atoms with Gasteiger partial charge in [0.05, 0.1) is 48.7 Å². The number of carbonyl (C=O) groups is 6. The lowest BCUT2D eigenvalue weighted by molar-refractivity contribution is -0.136. The number of nitrogens with one attached hydrogen (secondary N) is 3. The average molecular weight is 922 g/mol. The smallest absolute Gasteiger partial charge is 0.329 e. The van der Waals surface area contributed by atoms with Crippen molar-refractivity contribution >= 4 is 52.2 Å². The summed E-state index contributed by atoms with van der Waals surface area (Å²) in [6, 6.07) is 17.9. The Kier molecular flexibility index (Phi) is 16.4. The van der Waals surface area contributed by atoms with Crippen LogP contribution in [0, 0.1) is 5.92 Å². The Balaban J connectivity index is 0.759. The van der Waals surface area contributed by atoms with Crippen LogP contribution in [-0.4, -0.2) is 95.7 Å². The monoisotopic (exact) mass is 921 g/mol. The second-order valence-electron chi connectivity index (χ2n) is 18.0. The standard InChI is InChI=1S/C50H63N7O10/c1-31-11-17-36-9-4-10-37-28-42(57(46(36)37)49(31)63)48(62)53-38(18-21-43(51)58)32(2)67-29-35-14-12-33(13-15-35)7-5-23-52-45(60)30-66-26-25-65-24-6-8-34-16-19-39-41(27-34)55(3)50(64)56(39)40-20-22-44(59)54-47(40)61/h4,9-10,12-16,19,27,31-32,38,40,42H,5-8,11,17-18,20-26,28-30H2,1-3H3,(H2,51,58)(H,52,60)(H,53,62)(H,54,59,61)/t31-,32+,38-,40?,42-/m0/s1. The number of hydrogen-bond acceptors (Lipinski definition) is 10. The van der Waals surface area contributed by atoms with Gasteiger partial charge < -0.3 is 30.6 Å². The van der Waals surface area contributed by atoms with E-state index in [0.717, 1.165) is 77.5 Å². The van der Waals surface area contributed by atoms with Crippen LogP contribution < -0.4 is 32.3 Å². The SMILES string of the molecule is C[C@H]1CCc2cccc3c2N(C1=O)[C@H](C(=O)N[C@@H](CCC(N)=O)[C@@H](C)OCc1ccc(CCCNC(=O)COCCOCCCc2ccc4c(c2)n(C)c(=O)n4C2CCC(=O)NC2=O)cc1)C3. The van der Waals surface area contributed by atoms with E-state index in [9.17, 15) is 33.6 Å². The molecule has 0 radical (unpaired) electrons. The van der Waals surface area contributed by atoms with Gasteiger partial charge in [0.15, 0.2) is 0 Å². The zero-order chi connectivity index (χ0) is 47.6. The van der Waals surface area contributed by atoms with Crippen LogP contribution in [0.1, 0.15) is 92.7 Å². The highest BCUT2D eigenvalue weighted by molar-refractivity contribution is 6.05. The third kappa shape index (κ3) is 12.1. The minimum Gasteiger partial charge on any atom is -0.379 e. The van der Waals surface area contributed by atoms with Crippen molar-refractivity contribution in [3.05, 3.63) is 99.0 Å². The molecule has 0 aliphatic carbocycles. The van der Waals surface area contributed by atoms with E-state index in [2.05, 4.69) is 16.0 Å². The van der Waals surface area contributed by atoms with E-state index >= 15 is 0 Å². The molecule has 1 fully saturated rings. The Morgan fingerprint density at radius 1 is 0.866 bits per heavy atom. The molecule has 3 aliphatic heterocycles. The van der Waals surface area contributed by atoms with Gasteiger partial charge in [0.2, 0.25) is 35.4 Å². The van der Waals surface area contributed by atoms with E-state index in [1.54, 1.807) is 11.9 Å². The first-order valence-electron chi connectivity index (χ1n) is 23.5. The van der Waals surface area contributed by atoms with Gasteiger partial charge in [-0.3, -0.25) is 48.1 Å². The normalized spacial score (nSPS) is 18.9. The molecule has 1 unspecified atom stereocenters. The first-order valence-corrected chi connectivity index (χ1v) is 23.5. The summed E-state index contributed by atoms with van der Waals surface area (Å²) in [6.45, 7) is 5.63. The molecular formula is C50H63N7O10. The van der Waals surface area contributed by atoms with Gasteiger partial charge in [-0.15, -0.1) is 0 Å². The molecule has 4 heterocycles. The van der Waals surface area contributed by atoms with Gasteiger partial charge in [-0.05, 0) is 98.2 Å². The second kappa shape index (κ2) is 22.5. The molecule has 17 heteroatoms. The zero-order valence-corrected chi connectivity index (χ0v) is 38.7. The molecule has 0 spiro atoms. The summed E-state index contributed by atoms with van der Waals surface area (Å²) in [5.74, 6) is -1.97. The zero-order valence-electron chi connectivity index (χ0n) is 38.7. The minimum absolute atomic E-state index is 0.0443. The van der Waals surface area contributed by atoms with Gasteiger partial charge in [0.25, 0.3) is 0 Å². The Labute approximate surface area is 390 Å². The van der Waals surface area contributed by atoms with E-state index < -0.39 is 36.0 Å². The highest BCUT2D eigenvalue weighted by atomic mass is 16.5. The molecule has 0 bridgehead atoms. The number of primary amides is 1. The summed E-state index contributed by atoms with van der Waals surface area (Å²) in [7, 11) is 1.67. The average Bonchev–Trinajstić information content (AvgIpc) is 3.78. The van der Waals surface area contributed by atoms with Crippen LogP contribution in [0.25, 0.3) is 11.0 Å². The minimum atomic E-state index is -0.720. The lowest BCUT2D eigenvalue weighted by Gasteiger charge is -2.30. The first-order chi connectivity index (χ1) is 32.3. The number of imide groups is 1. The summed E-state index contributed by atoms with van der Waals surface area (Å²) in [5, 5.41) is 8.33. The molecule has 358 valence electrons. The maximum Gasteiger partial charge on any atom is 0.329 e. The second-order valence-corrected chi connectivity index (χ2v) is 18.0. The Morgan fingerprint density at radius 3 is 2.37 bits per heavy atom. The Hall–Kier alpha value is -6.17. The summed E-state index contributed by atoms with van der Waals surface area (Å²) >= 11 is 0. The van der Waals surface area contributed by atoms with Crippen LogP contribution in [-0.2, 0) is 82.3 Å². The quantitative estimate of drug-likeness (QED) is 0.0629. The number of fused-ring (bicyclic) bond motifs is 1. The number of aromatic nitrogens is 2. The number of ether oxygens (including phenoxy) is 3. The number of aryl methyl sites for hydroxylation is 4. The lowest BCUT2D eigenvalue weighted by atomic mass is 9.99. The fourth-order valence-corrected chi connectivity index (χ4v) is 9.26. The van der Waals surface area contributed by atoms with E-state index in [1.165, 1.54) is 9.13 Å². The van der Waals surface area contributed by atoms with Crippen molar-refractivity contribution in [2.45, 2.75) is 115 Å². The van der Waals surface area contributed by atoms with Gasteiger partial charge >= 0.3 is 5.69 Å².